The van der Waals surface area contributed by atoms with Crippen molar-refractivity contribution in [3.8, 4) is 0 Å². The van der Waals surface area contributed by atoms with Crippen LogP contribution in [0.4, 0.5) is 5.69 Å². The third-order valence-electron chi connectivity index (χ3n) is 6.29. The van der Waals surface area contributed by atoms with Gasteiger partial charge in [0.15, 0.2) is 5.43 Å². The number of nitrogens with zero attached hydrogens (tertiary/aromatic N) is 1. The van der Waals surface area contributed by atoms with E-state index in [1.165, 1.54) is 5.56 Å². The number of anilines is 1. The molecule has 0 bridgehead atoms. The number of benzene rings is 3. The lowest BCUT2D eigenvalue weighted by Gasteiger charge is -2.25. The van der Waals surface area contributed by atoms with E-state index in [1.54, 1.807) is 4.90 Å². The van der Waals surface area contributed by atoms with Crippen molar-refractivity contribution < 1.29 is 9.21 Å². The van der Waals surface area contributed by atoms with Crippen LogP contribution >= 0.6 is 15.9 Å². The standard InChI is InChI=1S/C27H22BrNO3/c1-4-17-5-7-18(8-6-17)24-23-25(30)21-13-15(2)16(3)14-22(21)32-26(23)27(31)29(24)20-11-9-19(28)10-12-20/h5-14,24H,4H2,1-3H3. The summed E-state index contributed by atoms with van der Waals surface area (Å²) in [6.07, 6.45) is 0.919. The number of carbonyl (C=O) groups excluding carboxylic acids is 1. The monoisotopic (exact) mass is 487 g/mol. The molecule has 160 valence electrons. The minimum atomic E-state index is -0.549. The van der Waals surface area contributed by atoms with Gasteiger partial charge in [-0.25, -0.2) is 0 Å². The van der Waals surface area contributed by atoms with E-state index in [9.17, 15) is 9.59 Å². The lowest BCUT2D eigenvalue weighted by atomic mass is 9.96. The number of halogens is 1. The second-order valence-electron chi connectivity index (χ2n) is 8.26. The van der Waals surface area contributed by atoms with E-state index in [0.717, 1.165) is 27.6 Å². The van der Waals surface area contributed by atoms with Crippen LogP contribution < -0.4 is 10.3 Å². The van der Waals surface area contributed by atoms with Crippen LogP contribution in [0.1, 0.15) is 51.3 Å². The summed E-state index contributed by atoms with van der Waals surface area (Å²) >= 11 is 3.46. The van der Waals surface area contributed by atoms with Crippen LogP contribution in [0.5, 0.6) is 0 Å². The molecule has 0 aliphatic carbocycles. The average molecular weight is 488 g/mol. The van der Waals surface area contributed by atoms with E-state index in [0.29, 0.717) is 22.2 Å². The number of rotatable bonds is 3. The van der Waals surface area contributed by atoms with Crippen molar-refractivity contribution in [3.05, 3.63) is 109 Å². The summed E-state index contributed by atoms with van der Waals surface area (Å²) in [6.45, 7) is 6.04. The van der Waals surface area contributed by atoms with Gasteiger partial charge in [-0.1, -0.05) is 47.1 Å². The molecule has 1 aliphatic rings. The van der Waals surface area contributed by atoms with Gasteiger partial charge in [-0.05, 0) is 78.9 Å². The van der Waals surface area contributed by atoms with E-state index in [-0.39, 0.29) is 17.1 Å². The van der Waals surface area contributed by atoms with Crippen molar-refractivity contribution in [2.24, 2.45) is 0 Å². The zero-order chi connectivity index (χ0) is 22.6. The zero-order valence-electron chi connectivity index (χ0n) is 18.1. The lowest BCUT2D eigenvalue weighted by Crippen LogP contribution is -2.29. The Labute approximate surface area is 194 Å². The van der Waals surface area contributed by atoms with Gasteiger partial charge < -0.3 is 4.42 Å². The molecule has 5 heteroatoms. The minimum Gasteiger partial charge on any atom is -0.450 e. The van der Waals surface area contributed by atoms with Crippen molar-refractivity contribution in [1.82, 2.24) is 0 Å². The van der Waals surface area contributed by atoms with Gasteiger partial charge in [0.05, 0.1) is 17.0 Å². The van der Waals surface area contributed by atoms with Crippen molar-refractivity contribution in [1.29, 1.82) is 0 Å². The third kappa shape index (κ3) is 3.19. The molecule has 3 aromatic carbocycles. The molecule has 0 saturated heterocycles. The number of fused-ring (bicyclic) bond motifs is 2. The number of hydrogen-bond acceptors (Lipinski definition) is 3. The topological polar surface area (TPSA) is 50.5 Å². The molecule has 5 rings (SSSR count). The molecular weight excluding hydrogens is 466 g/mol. The van der Waals surface area contributed by atoms with E-state index >= 15 is 0 Å². The fourth-order valence-electron chi connectivity index (χ4n) is 4.35. The summed E-state index contributed by atoms with van der Waals surface area (Å²) in [6, 6.07) is 18.8. The van der Waals surface area contributed by atoms with Crippen LogP contribution in [-0.2, 0) is 6.42 Å². The molecule has 1 amide bonds. The van der Waals surface area contributed by atoms with E-state index < -0.39 is 6.04 Å². The van der Waals surface area contributed by atoms with Crippen molar-refractivity contribution in [2.75, 3.05) is 4.90 Å². The fraction of sp³-hybridized carbons (Fsp3) is 0.185. The molecule has 1 aromatic heterocycles. The number of carbonyl (C=O) groups is 1. The fourth-order valence-corrected chi connectivity index (χ4v) is 4.61. The molecule has 1 aliphatic heterocycles. The van der Waals surface area contributed by atoms with E-state index in [4.69, 9.17) is 4.42 Å². The highest BCUT2D eigenvalue weighted by Crippen LogP contribution is 2.41. The van der Waals surface area contributed by atoms with Crippen molar-refractivity contribution >= 4 is 38.5 Å². The highest BCUT2D eigenvalue weighted by molar-refractivity contribution is 9.10. The Hall–Kier alpha value is -3.18. The predicted octanol–water partition coefficient (Wildman–Crippen LogP) is 6.48. The van der Waals surface area contributed by atoms with Gasteiger partial charge in [-0.2, -0.15) is 0 Å². The molecule has 0 N–H and O–H groups in total. The summed E-state index contributed by atoms with van der Waals surface area (Å²) in [4.78, 5) is 29.0. The first-order valence-corrected chi connectivity index (χ1v) is 11.4. The summed E-state index contributed by atoms with van der Waals surface area (Å²) in [5, 5.41) is 0.507. The maximum atomic E-state index is 13.7. The van der Waals surface area contributed by atoms with Gasteiger partial charge in [0.1, 0.15) is 5.58 Å². The first kappa shape index (κ1) is 20.7. The maximum absolute atomic E-state index is 13.7. The Bertz CT molecular complexity index is 1420. The van der Waals surface area contributed by atoms with E-state index in [1.807, 2.05) is 74.5 Å². The molecule has 4 nitrogen and oxygen atoms in total. The number of hydrogen-bond donors (Lipinski definition) is 0. The molecular formula is C27H22BrNO3. The van der Waals surface area contributed by atoms with E-state index in [2.05, 4.69) is 22.9 Å². The van der Waals surface area contributed by atoms with Crippen LogP contribution in [0.25, 0.3) is 11.0 Å². The van der Waals surface area contributed by atoms with Crippen LogP contribution in [0.2, 0.25) is 0 Å². The first-order valence-electron chi connectivity index (χ1n) is 10.6. The molecule has 0 saturated carbocycles. The number of aryl methyl sites for hydroxylation is 3. The summed E-state index contributed by atoms with van der Waals surface area (Å²) in [5.41, 5.74) is 5.52. The molecule has 0 fully saturated rings. The second-order valence-corrected chi connectivity index (χ2v) is 9.17. The Morgan fingerprint density at radius 2 is 1.59 bits per heavy atom. The molecule has 2 heterocycles. The summed E-state index contributed by atoms with van der Waals surface area (Å²) < 4.78 is 7.02. The maximum Gasteiger partial charge on any atom is 0.295 e. The zero-order valence-corrected chi connectivity index (χ0v) is 19.7. The Morgan fingerprint density at radius 3 is 2.25 bits per heavy atom. The van der Waals surface area contributed by atoms with Gasteiger partial charge in [0.2, 0.25) is 5.76 Å². The van der Waals surface area contributed by atoms with Crippen LogP contribution in [0.15, 0.2) is 74.3 Å². The highest BCUT2D eigenvalue weighted by Gasteiger charge is 2.43. The Balaban J connectivity index is 1.80. The summed E-state index contributed by atoms with van der Waals surface area (Å²) in [5.74, 6) is -0.178. The first-order chi connectivity index (χ1) is 15.4. The Morgan fingerprint density at radius 1 is 0.938 bits per heavy atom. The van der Waals surface area contributed by atoms with Gasteiger partial charge in [0.25, 0.3) is 5.91 Å². The molecule has 0 spiro atoms. The third-order valence-corrected chi connectivity index (χ3v) is 6.82. The Kier molecular flexibility index (Phi) is 5.01. The minimum absolute atomic E-state index is 0.123. The van der Waals surface area contributed by atoms with Crippen molar-refractivity contribution in [2.45, 2.75) is 33.2 Å². The molecule has 1 unspecified atom stereocenters. The predicted molar refractivity (Wildman–Crippen MR) is 131 cm³/mol. The van der Waals surface area contributed by atoms with Crippen LogP contribution in [-0.4, -0.2) is 5.91 Å². The number of amides is 1. The van der Waals surface area contributed by atoms with Crippen LogP contribution in [0.3, 0.4) is 0 Å². The van der Waals surface area contributed by atoms with Gasteiger partial charge in [-0.15, -0.1) is 0 Å². The molecule has 32 heavy (non-hydrogen) atoms. The largest absolute Gasteiger partial charge is 0.450 e. The van der Waals surface area contributed by atoms with Gasteiger partial charge in [0, 0.05) is 10.2 Å². The van der Waals surface area contributed by atoms with Gasteiger partial charge in [-0.3, -0.25) is 14.5 Å². The van der Waals surface area contributed by atoms with Crippen molar-refractivity contribution in [3.63, 3.8) is 0 Å². The average Bonchev–Trinajstić information content (AvgIpc) is 3.08. The van der Waals surface area contributed by atoms with Gasteiger partial charge >= 0.3 is 0 Å². The normalized spacial score (nSPS) is 15.4. The molecule has 4 aromatic rings. The smallest absolute Gasteiger partial charge is 0.295 e. The SMILES string of the molecule is CCc1ccc(C2c3c(oc4cc(C)c(C)cc4c3=O)C(=O)N2c2ccc(Br)cc2)cc1. The second kappa shape index (κ2) is 7.75. The molecule has 1 atom stereocenters. The quantitative estimate of drug-likeness (QED) is 0.332. The van der Waals surface area contributed by atoms with Crippen LogP contribution in [0, 0.1) is 13.8 Å². The lowest BCUT2D eigenvalue weighted by molar-refractivity contribution is 0.0971. The highest BCUT2D eigenvalue weighted by atomic mass is 79.9. The summed E-state index contributed by atoms with van der Waals surface area (Å²) in [7, 11) is 0. The molecule has 0 radical (unpaired) electrons.